The van der Waals surface area contributed by atoms with E-state index < -0.39 is 5.60 Å². The van der Waals surface area contributed by atoms with Gasteiger partial charge in [-0.25, -0.2) is 0 Å². The van der Waals surface area contributed by atoms with Crippen LogP contribution in [-0.2, 0) is 13.0 Å². The second-order valence-electron chi connectivity index (χ2n) is 8.99. The lowest BCUT2D eigenvalue weighted by Gasteiger charge is -2.24. The highest BCUT2D eigenvalue weighted by molar-refractivity contribution is 6.32. The monoisotopic (exact) mass is 484 g/mol. The number of hydrogen-bond acceptors (Lipinski definition) is 5. The van der Waals surface area contributed by atoms with E-state index in [4.69, 9.17) is 27.9 Å². The van der Waals surface area contributed by atoms with Crippen molar-refractivity contribution < 1.29 is 14.6 Å². The lowest BCUT2D eigenvalue weighted by Crippen LogP contribution is -2.28. The molecule has 0 bridgehead atoms. The van der Waals surface area contributed by atoms with E-state index in [0.29, 0.717) is 52.0 Å². The average molecular weight is 485 g/mol. The summed E-state index contributed by atoms with van der Waals surface area (Å²) >= 11 is 12.3. The van der Waals surface area contributed by atoms with Crippen molar-refractivity contribution in [3.8, 4) is 17.0 Å². The fourth-order valence-electron chi connectivity index (χ4n) is 4.28. The molecule has 170 valence electrons. The minimum atomic E-state index is -0.980. The molecule has 0 fully saturated rings. The van der Waals surface area contributed by atoms with E-state index in [1.54, 1.807) is 38.5 Å². The SMILES string of the molecule is CC(C)(O)Cn1cc(C(=O)C2COc3ccc(Cl)cc3C2)c2cnc(-c3c[nH]nc3Cl)cc21. The summed E-state index contributed by atoms with van der Waals surface area (Å²) in [7, 11) is 0. The maximum absolute atomic E-state index is 13.6. The second kappa shape index (κ2) is 8.17. The number of rotatable bonds is 5. The smallest absolute Gasteiger partial charge is 0.171 e. The Morgan fingerprint density at radius 2 is 2.15 bits per heavy atom. The maximum atomic E-state index is 13.6. The first-order valence-electron chi connectivity index (χ1n) is 10.6. The number of Topliss-reactive ketones (excluding diaryl/α,β-unsaturated/α-hetero) is 1. The molecule has 9 heteroatoms. The van der Waals surface area contributed by atoms with Gasteiger partial charge in [-0.1, -0.05) is 23.2 Å². The predicted octanol–water partition coefficient (Wildman–Crippen LogP) is 4.94. The van der Waals surface area contributed by atoms with Crippen LogP contribution in [0.5, 0.6) is 5.75 Å². The van der Waals surface area contributed by atoms with Crippen LogP contribution in [0.1, 0.15) is 29.8 Å². The molecule has 0 amide bonds. The van der Waals surface area contributed by atoms with Crippen LogP contribution in [0.15, 0.2) is 42.9 Å². The summed E-state index contributed by atoms with van der Waals surface area (Å²) in [5, 5.41) is 18.8. The van der Waals surface area contributed by atoms with Gasteiger partial charge in [0.05, 0.1) is 41.4 Å². The number of benzene rings is 1. The van der Waals surface area contributed by atoms with Gasteiger partial charge in [0.25, 0.3) is 0 Å². The Morgan fingerprint density at radius 3 is 2.88 bits per heavy atom. The first kappa shape index (κ1) is 21.9. The van der Waals surface area contributed by atoms with Crippen LogP contribution < -0.4 is 4.74 Å². The summed E-state index contributed by atoms with van der Waals surface area (Å²) in [6, 6.07) is 7.32. The Balaban J connectivity index is 1.56. The predicted molar refractivity (Wildman–Crippen MR) is 127 cm³/mol. The van der Waals surface area contributed by atoms with Crippen LogP contribution in [-0.4, -0.2) is 42.8 Å². The van der Waals surface area contributed by atoms with Gasteiger partial charge in [-0.05, 0) is 50.1 Å². The fourth-order valence-corrected chi connectivity index (χ4v) is 4.68. The molecular formula is C24H22Cl2N4O3. The highest BCUT2D eigenvalue weighted by atomic mass is 35.5. The van der Waals surface area contributed by atoms with Gasteiger partial charge in [-0.3, -0.25) is 14.9 Å². The molecule has 0 spiro atoms. The summed E-state index contributed by atoms with van der Waals surface area (Å²) in [6.07, 6.45) is 5.69. The van der Waals surface area contributed by atoms with Crippen molar-refractivity contribution >= 4 is 39.9 Å². The summed E-state index contributed by atoms with van der Waals surface area (Å²) in [4.78, 5) is 18.1. The third-order valence-corrected chi connectivity index (χ3v) is 6.28. The fraction of sp³-hybridized carbons (Fsp3) is 0.292. The van der Waals surface area contributed by atoms with Crippen molar-refractivity contribution in [2.24, 2.45) is 5.92 Å². The minimum absolute atomic E-state index is 0.0315. The van der Waals surface area contributed by atoms with Crippen molar-refractivity contribution in [3.05, 3.63) is 64.2 Å². The van der Waals surface area contributed by atoms with E-state index in [-0.39, 0.29) is 11.7 Å². The van der Waals surface area contributed by atoms with Crippen LogP contribution in [0, 0.1) is 5.92 Å². The number of pyridine rings is 1. The Kier molecular flexibility index (Phi) is 5.43. The van der Waals surface area contributed by atoms with Crippen molar-refractivity contribution in [3.63, 3.8) is 0 Å². The topological polar surface area (TPSA) is 93.0 Å². The van der Waals surface area contributed by atoms with Gasteiger partial charge in [0, 0.05) is 34.6 Å². The molecule has 3 aromatic heterocycles. The number of halogens is 2. The Bertz CT molecular complexity index is 1370. The minimum Gasteiger partial charge on any atom is -0.493 e. The highest BCUT2D eigenvalue weighted by Gasteiger charge is 2.30. The number of aromatic amines is 1. The van der Waals surface area contributed by atoms with Crippen LogP contribution in [0.3, 0.4) is 0 Å². The van der Waals surface area contributed by atoms with Gasteiger partial charge >= 0.3 is 0 Å². The number of carbonyl (C=O) groups is 1. The zero-order chi connectivity index (χ0) is 23.3. The number of aromatic nitrogens is 4. The average Bonchev–Trinajstić information content (AvgIpc) is 3.34. The van der Waals surface area contributed by atoms with Gasteiger partial charge in [-0.15, -0.1) is 0 Å². The normalized spacial score (nSPS) is 16.0. The standard InChI is InChI=1S/C24H22Cl2N4O3/c1-24(2,32)12-30-10-18(16-8-27-19(7-20(16)30)17-9-28-29-23(17)26)22(31)14-5-13-6-15(25)3-4-21(13)33-11-14/h3-4,6-10,14,32H,5,11-12H2,1-2H3,(H,28,29). The molecule has 1 unspecified atom stereocenters. The van der Waals surface area contributed by atoms with Gasteiger partial charge in [0.2, 0.25) is 0 Å². The van der Waals surface area contributed by atoms with Gasteiger partial charge < -0.3 is 14.4 Å². The lowest BCUT2D eigenvalue weighted by atomic mass is 9.90. The molecule has 1 aromatic carbocycles. The van der Waals surface area contributed by atoms with Crippen LogP contribution in [0.2, 0.25) is 10.2 Å². The van der Waals surface area contributed by atoms with E-state index >= 15 is 0 Å². The second-order valence-corrected chi connectivity index (χ2v) is 9.78. The maximum Gasteiger partial charge on any atom is 0.171 e. The number of nitrogens with zero attached hydrogens (tertiary/aromatic N) is 3. The molecule has 2 N–H and O–H groups in total. The molecule has 1 aliphatic rings. The number of ketones is 1. The van der Waals surface area contributed by atoms with E-state index in [1.807, 2.05) is 22.8 Å². The summed E-state index contributed by atoms with van der Waals surface area (Å²) < 4.78 is 7.73. The van der Waals surface area contributed by atoms with Crippen LogP contribution in [0.4, 0.5) is 0 Å². The van der Waals surface area contributed by atoms with E-state index in [0.717, 1.165) is 16.8 Å². The molecule has 4 aromatic rings. The van der Waals surface area contributed by atoms with Gasteiger partial charge in [-0.2, -0.15) is 5.10 Å². The Labute approximate surface area is 200 Å². The molecular weight excluding hydrogens is 463 g/mol. The molecule has 33 heavy (non-hydrogen) atoms. The number of ether oxygens (including phenoxy) is 1. The van der Waals surface area contributed by atoms with Crippen molar-refractivity contribution in [1.29, 1.82) is 0 Å². The Hall–Kier alpha value is -2.87. The molecule has 0 radical (unpaired) electrons. The first-order chi connectivity index (χ1) is 15.7. The molecule has 1 atom stereocenters. The quantitative estimate of drug-likeness (QED) is 0.391. The molecule has 1 aliphatic heterocycles. The van der Waals surface area contributed by atoms with Gasteiger partial charge in [0.1, 0.15) is 5.75 Å². The molecule has 0 saturated heterocycles. The molecule has 7 nitrogen and oxygen atoms in total. The lowest BCUT2D eigenvalue weighted by molar-refractivity contribution is 0.0626. The van der Waals surface area contributed by atoms with E-state index in [2.05, 4.69) is 15.2 Å². The highest BCUT2D eigenvalue weighted by Crippen LogP contribution is 2.34. The molecule has 0 aliphatic carbocycles. The largest absolute Gasteiger partial charge is 0.493 e. The van der Waals surface area contributed by atoms with Crippen LogP contribution >= 0.6 is 23.2 Å². The summed E-state index contributed by atoms with van der Waals surface area (Å²) in [5.74, 6) is 0.382. The van der Waals surface area contributed by atoms with Crippen molar-refractivity contribution in [1.82, 2.24) is 19.7 Å². The zero-order valence-electron chi connectivity index (χ0n) is 18.1. The molecule has 5 rings (SSSR count). The number of nitrogens with one attached hydrogen (secondary N) is 1. The number of hydrogen-bond donors (Lipinski definition) is 2. The van der Waals surface area contributed by atoms with Crippen molar-refractivity contribution in [2.45, 2.75) is 32.4 Å². The summed E-state index contributed by atoms with van der Waals surface area (Å²) in [5.41, 5.74) is 2.56. The molecule has 0 saturated carbocycles. The summed E-state index contributed by atoms with van der Waals surface area (Å²) in [6.45, 7) is 4.05. The zero-order valence-corrected chi connectivity index (χ0v) is 19.6. The third kappa shape index (κ3) is 4.24. The van der Waals surface area contributed by atoms with Gasteiger partial charge in [0.15, 0.2) is 10.9 Å². The van der Waals surface area contributed by atoms with Crippen molar-refractivity contribution in [2.75, 3.05) is 6.61 Å². The number of aliphatic hydroxyl groups is 1. The van der Waals surface area contributed by atoms with Crippen LogP contribution in [0.25, 0.3) is 22.2 Å². The Morgan fingerprint density at radius 1 is 1.33 bits per heavy atom. The molecule has 4 heterocycles. The number of H-pyrrole nitrogens is 1. The first-order valence-corrected chi connectivity index (χ1v) is 11.3. The van der Waals surface area contributed by atoms with E-state index in [9.17, 15) is 9.90 Å². The number of carbonyl (C=O) groups excluding carboxylic acids is 1. The third-order valence-electron chi connectivity index (χ3n) is 5.76. The van der Waals surface area contributed by atoms with E-state index in [1.165, 1.54) is 0 Å². The number of fused-ring (bicyclic) bond motifs is 2.